The van der Waals surface area contributed by atoms with E-state index in [9.17, 15) is 0 Å². The predicted molar refractivity (Wildman–Crippen MR) is 68.0 cm³/mol. The van der Waals surface area contributed by atoms with Crippen molar-refractivity contribution in [1.29, 1.82) is 0 Å². The zero-order chi connectivity index (χ0) is 11.2. The van der Waals surface area contributed by atoms with Gasteiger partial charge in [-0.25, -0.2) is 0 Å². The van der Waals surface area contributed by atoms with Crippen LogP contribution >= 0.6 is 0 Å². The van der Waals surface area contributed by atoms with Gasteiger partial charge in [0.05, 0.1) is 0 Å². The van der Waals surface area contributed by atoms with E-state index in [-0.39, 0.29) is 0 Å². The first-order valence-electron chi connectivity index (χ1n) is 6.24. The van der Waals surface area contributed by atoms with Crippen LogP contribution in [0.1, 0.15) is 39.0 Å². The van der Waals surface area contributed by atoms with Gasteiger partial charge in [-0.2, -0.15) is 0 Å². The molecule has 2 rings (SSSR count). The standard InChI is InChI=1S/2C5H5.C5H11.Ru/c2*1-2-4-5-3-1;1-3-5-4-2;/h2*1-3H,4H2;1,3-5H2,2H3;. The van der Waals surface area contributed by atoms with Gasteiger partial charge in [0.25, 0.3) is 0 Å². The van der Waals surface area contributed by atoms with E-state index in [1.807, 2.05) is 0 Å². The Labute approximate surface area is 105 Å². The van der Waals surface area contributed by atoms with Crippen molar-refractivity contribution in [2.45, 2.75) is 44.0 Å². The minimum absolute atomic E-state index is 0.821. The molecule has 0 aromatic rings. The van der Waals surface area contributed by atoms with Gasteiger partial charge in [0.1, 0.15) is 0 Å². The maximum absolute atomic E-state index is 2.39. The Morgan fingerprint density at radius 1 is 1.00 bits per heavy atom. The van der Waals surface area contributed by atoms with E-state index in [1.165, 1.54) is 37.1 Å². The Hall–Kier alpha value is -0.417. The zero-order valence-corrected chi connectivity index (χ0v) is 11.8. The number of rotatable bonds is 6. The van der Waals surface area contributed by atoms with Crippen molar-refractivity contribution in [3.05, 3.63) is 44.8 Å². The van der Waals surface area contributed by atoms with E-state index < -0.39 is 16.0 Å². The van der Waals surface area contributed by atoms with Gasteiger partial charge in [-0.05, 0) is 0 Å². The summed E-state index contributed by atoms with van der Waals surface area (Å²) in [4.78, 5) is 0. The van der Waals surface area contributed by atoms with Crippen molar-refractivity contribution in [3.8, 4) is 0 Å². The summed E-state index contributed by atoms with van der Waals surface area (Å²) in [7, 11) is 0. The molecule has 0 aromatic carbocycles. The first-order chi connectivity index (χ1) is 7.92. The van der Waals surface area contributed by atoms with Crippen LogP contribution in [0.25, 0.3) is 0 Å². The summed E-state index contributed by atoms with van der Waals surface area (Å²) in [5, 5.41) is 1.49. The van der Waals surface area contributed by atoms with E-state index >= 15 is 0 Å². The molecule has 0 heterocycles. The number of unbranched alkanes of at least 4 members (excludes halogenated alkanes) is 2. The molecule has 0 atom stereocenters. The second kappa shape index (κ2) is 6.35. The Morgan fingerprint density at radius 3 is 2.06 bits per heavy atom. The predicted octanol–water partition coefficient (Wildman–Crippen LogP) is 4.90. The number of hydrogen-bond donors (Lipinski definition) is 0. The third-order valence-corrected chi connectivity index (χ3v) is 8.35. The molecule has 0 unspecified atom stereocenters. The van der Waals surface area contributed by atoms with Crippen LogP contribution in [0.5, 0.6) is 0 Å². The second-order valence-electron chi connectivity index (χ2n) is 4.18. The van der Waals surface area contributed by atoms with E-state index in [1.54, 1.807) is 8.33 Å². The molecule has 0 radical (unpaired) electrons. The van der Waals surface area contributed by atoms with Crippen LogP contribution in [0.3, 0.4) is 0 Å². The third kappa shape index (κ3) is 3.04. The number of allylic oxidation sites excluding steroid dienone is 8. The molecule has 1 heteroatoms. The van der Waals surface area contributed by atoms with Gasteiger partial charge in [-0.3, -0.25) is 0 Å². The van der Waals surface area contributed by atoms with Crippen molar-refractivity contribution >= 4 is 0 Å². The van der Waals surface area contributed by atoms with Crippen LogP contribution < -0.4 is 0 Å². The van der Waals surface area contributed by atoms with Gasteiger partial charge in [0.15, 0.2) is 0 Å². The van der Waals surface area contributed by atoms with Gasteiger partial charge in [0.2, 0.25) is 0 Å². The average Bonchev–Trinajstić information content (AvgIpc) is 2.97. The Balaban J connectivity index is 1.96. The molecule has 0 fully saturated rings. The van der Waals surface area contributed by atoms with Gasteiger partial charge < -0.3 is 0 Å². The zero-order valence-electron chi connectivity index (χ0n) is 10.1. The molecular formula is C15H21Ru. The van der Waals surface area contributed by atoms with Gasteiger partial charge in [-0.1, -0.05) is 0 Å². The monoisotopic (exact) mass is 303 g/mol. The molecule has 0 aromatic heterocycles. The summed E-state index contributed by atoms with van der Waals surface area (Å²) in [6.07, 6.45) is 20.6. The van der Waals surface area contributed by atoms with E-state index in [2.05, 4.69) is 43.4 Å². The summed E-state index contributed by atoms with van der Waals surface area (Å²) in [5.41, 5.74) is 0. The van der Waals surface area contributed by atoms with Gasteiger partial charge in [-0.15, -0.1) is 0 Å². The van der Waals surface area contributed by atoms with E-state index in [0.29, 0.717) is 0 Å². The normalized spacial score (nSPS) is 18.9. The molecule has 16 heavy (non-hydrogen) atoms. The molecule has 0 spiro atoms. The van der Waals surface area contributed by atoms with Crippen LogP contribution in [0.4, 0.5) is 0 Å². The summed E-state index contributed by atoms with van der Waals surface area (Å²) in [6.45, 7) is 2.30. The Bertz CT molecular complexity index is 314. The minimum atomic E-state index is -0.821. The summed E-state index contributed by atoms with van der Waals surface area (Å²) < 4.78 is 3.55. The van der Waals surface area contributed by atoms with Crippen LogP contribution in [0.15, 0.2) is 44.8 Å². The second-order valence-corrected chi connectivity index (χ2v) is 8.95. The van der Waals surface area contributed by atoms with E-state index in [4.69, 9.17) is 0 Å². The van der Waals surface area contributed by atoms with Crippen LogP contribution in [0.2, 0.25) is 5.02 Å². The fraction of sp³-hybridized carbons (Fsp3) is 0.467. The molecule has 2 aliphatic carbocycles. The quantitative estimate of drug-likeness (QED) is 0.483. The molecule has 0 N–H and O–H groups in total. The molecule has 0 bridgehead atoms. The first kappa shape index (κ1) is 12.1. The van der Waals surface area contributed by atoms with Crippen molar-refractivity contribution in [1.82, 2.24) is 0 Å². The fourth-order valence-electron chi connectivity index (χ4n) is 1.98. The van der Waals surface area contributed by atoms with Crippen LogP contribution in [-0.2, 0) is 16.0 Å². The van der Waals surface area contributed by atoms with Crippen molar-refractivity contribution < 1.29 is 16.0 Å². The maximum atomic E-state index is 2.39. The van der Waals surface area contributed by atoms with Crippen molar-refractivity contribution in [2.75, 3.05) is 0 Å². The summed E-state index contributed by atoms with van der Waals surface area (Å²) in [5.74, 6) is 0. The van der Waals surface area contributed by atoms with Gasteiger partial charge in [0, 0.05) is 0 Å². The van der Waals surface area contributed by atoms with Crippen molar-refractivity contribution in [2.24, 2.45) is 0 Å². The first-order valence-corrected chi connectivity index (χ1v) is 9.21. The van der Waals surface area contributed by atoms with Crippen molar-refractivity contribution in [3.63, 3.8) is 0 Å². The fourth-order valence-corrected chi connectivity index (χ4v) is 7.17. The third-order valence-electron chi connectivity index (χ3n) is 2.89. The Morgan fingerprint density at radius 2 is 1.62 bits per heavy atom. The molecule has 0 saturated heterocycles. The summed E-state index contributed by atoms with van der Waals surface area (Å²) >= 11 is -0.821. The molecule has 2 aliphatic rings. The van der Waals surface area contributed by atoms with Crippen LogP contribution in [-0.4, -0.2) is 0 Å². The van der Waals surface area contributed by atoms with Crippen LogP contribution in [0, 0.1) is 0 Å². The SMILES string of the molecule is CCCC[CH2][Ru]([C]1=CC=CC1)[C]1=CC=CC1. The Kier molecular flexibility index (Phi) is 4.78. The van der Waals surface area contributed by atoms with E-state index in [0.717, 1.165) is 0 Å². The molecule has 0 nitrogen and oxygen atoms in total. The topological polar surface area (TPSA) is 0 Å². The molecule has 0 aliphatic heterocycles. The molecule has 89 valence electrons. The van der Waals surface area contributed by atoms with Gasteiger partial charge >= 0.3 is 105 Å². The average molecular weight is 302 g/mol. The molecular weight excluding hydrogens is 281 g/mol. The molecule has 0 saturated carbocycles. The molecule has 0 amide bonds. The number of hydrogen-bond acceptors (Lipinski definition) is 0. The summed E-state index contributed by atoms with van der Waals surface area (Å²) in [6, 6.07) is 0.